The second-order valence-electron chi connectivity index (χ2n) is 3.11. The minimum Gasteiger partial charge on any atom is -0.203 e. The van der Waals surface area contributed by atoms with Gasteiger partial charge in [0.25, 0.3) is 0 Å². The molecule has 0 bridgehead atoms. The van der Waals surface area contributed by atoms with E-state index >= 15 is 0 Å². The largest absolute Gasteiger partial charge is 0.203 e. The minimum atomic E-state index is -1.30. The Balaban J connectivity index is 3.43. The van der Waals surface area contributed by atoms with Gasteiger partial charge in [-0.1, -0.05) is 13.3 Å². The first kappa shape index (κ1) is 11.0. The quantitative estimate of drug-likeness (QED) is 0.513. The summed E-state index contributed by atoms with van der Waals surface area (Å²) in [5.74, 6) is -5.15. The van der Waals surface area contributed by atoms with Gasteiger partial charge in [-0.25, -0.2) is 17.6 Å². The summed E-state index contributed by atoms with van der Waals surface area (Å²) >= 11 is 0. The highest BCUT2D eigenvalue weighted by Crippen LogP contribution is 2.24. The predicted molar refractivity (Wildman–Crippen MR) is 45.0 cm³/mol. The van der Waals surface area contributed by atoms with Gasteiger partial charge >= 0.3 is 0 Å². The van der Waals surface area contributed by atoms with Crippen LogP contribution in [-0.2, 0) is 6.42 Å². The van der Waals surface area contributed by atoms with Crippen LogP contribution in [0.25, 0.3) is 0 Å². The van der Waals surface area contributed by atoms with Gasteiger partial charge in [0.1, 0.15) is 0 Å². The fourth-order valence-electron chi connectivity index (χ4n) is 1.26. The van der Waals surface area contributed by atoms with Crippen molar-refractivity contribution in [2.45, 2.75) is 26.7 Å². The molecule has 1 rings (SSSR count). The van der Waals surface area contributed by atoms with E-state index < -0.39 is 34.4 Å². The van der Waals surface area contributed by atoms with Crippen LogP contribution in [0.3, 0.4) is 0 Å². The lowest BCUT2D eigenvalue weighted by Crippen LogP contribution is -2.05. The molecule has 0 atom stereocenters. The highest BCUT2D eigenvalue weighted by atomic mass is 19.2. The van der Waals surface area contributed by atoms with Gasteiger partial charge in [-0.15, -0.1) is 0 Å². The maximum absolute atomic E-state index is 13.1. The van der Waals surface area contributed by atoms with Crippen molar-refractivity contribution in [3.05, 3.63) is 34.4 Å². The lowest BCUT2D eigenvalue weighted by molar-refractivity contribution is 0.430. The van der Waals surface area contributed by atoms with E-state index in [9.17, 15) is 17.6 Å². The Morgan fingerprint density at radius 1 is 0.857 bits per heavy atom. The van der Waals surface area contributed by atoms with E-state index in [4.69, 9.17) is 0 Å². The Labute approximate surface area is 79.6 Å². The van der Waals surface area contributed by atoms with Crippen LogP contribution in [0.5, 0.6) is 0 Å². The SMILES string of the molecule is CCCc1c(F)c(F)c(C)c(F)c1F. The molecule has 0 aromatic heterocycles. The lowest BCUT2D eigenvalue weighted by Gasteiger charge is -2.08. The van der Waals surface area contributed by atoms with Gasteiger partial charge in [0.2, 0.25) is 0 Å². The second kappa shape index (κ2) is 3.98. The summed E-state index contributed by atoms with van der Waals surface area (Å²) in [6, 6.07) is 0. The van der Waals surface area contributed by atoms with Crippen molar-refractivity contribution in [2.75, 3.05) is 0 Å². The van der Waals surface area contributed by atoms with Gasteiger partial charge in [-0.3, -0.25) is 0 Å². The topological polar surface area (TPSA) is 0 Å². The number of hydrogen-bond acceptors (Lipinski definition) is 0. The summed E-state index contributed by atoms with van der Waals surface area (Å²) in [7, 11) is 0. The summed E-state index contributed by atoms with van der Waals surface area (Å²) in [6.07, 6.45) is 0.418. The molecule has 0 N–H and O–H groups in total. The summed E-state index contributed by atoms with van der Waals surface area (Å²) in [4.78, 5) is 0. The van der Waals surface area contributed by atoms with Crippen LogP contribution in [0.2, 0.25) is 0 Å². The number of rotatable bonds is 2. The van der Waals surface area contributed by atoms with Crippen molar-refractivity contribution < 1.29 is 17.6 Å². The molecule has 4 heteroatoms. The molecule has 0 aliphatic carbocycles. The van der Waals surface area contributed by atoms with Crippen molar-refractivity contribution in [1.82, 2.24) is 0 Å². The number of halogens is 4. The Kier molecular flexibility index (Phi) is 3.13. The average Bonchev–Trinajstić information content (AvgIpc) is 2.19. The normalized spacial score (nSPS) is 10.7. The molecule has 0 saturated carbocycles. The molecular weight excluding hydrogens is 196 g/mol. The Bertz CT molecular complexity index is 329. The minimum absolute atomic E-state index is 0.00815. The molecule has 0 radical (unpaired) electrons. The number of hydrogen-bond donors (Lipinski definition) is 0. The van der Waals surface area contributed by atoms with Crippen LogP contribution >= 0.6 is 0 Å². The zero-order valence-corrected chi connectivity index (χ0v) is 7.93. The van der Waals surface area contributed by atoms with E-state index in [2.05, 4.69) is 0 Å². The molecule has 78 valence electrons. The van der Waals surface area contributed by atoms with Crippen molar-refractivity contribution in [2.24, 2.45) is 0 Å². The molecule has 0 nitrogen and oxygen atoms in total. The van der Waals surface area contributed by atoms with Gasteiger partial charge in [0.15, 0.2) is 23.3 Å². The highest BCUT2D eigenvalue weighted by molar-refractivity contribution is 5.29. The number of benzene rings is 1. The van der Waals surface area contributed by atoms with Gasteiger partial charge in [-0.05, 0) is 13.3 Å². The molecule has 0 fully saturated rings. The monoisotopic (exact) mass is 206 g/mol. The van der Waals surface area contributed by atoms with Crippen LogP contribution in [0.1, 0.15) is 24.5 Å². The van der Waals surface area contributed by atoms with Gasteiger partial charge in [-0.2, -0.15) is 0 Å². The first-order valence-electron chi connectivity index (χ1n) is 4.32. The maximum Gasteiger partial charge on any atom is 0.165 e. The van der Waals surface area contributed by atoms with Crippen molar-refractivity contribution in [3.8, 4) is 0 Å². The van der Waals surface area contributed by atoms with Gasteiger partial charge in [0, 0.05) is 11.1 Å². The van der Waals surface area contributed by atoms with Crippen molar-refractivity contribution in [1.29, 1.82) is 0 Å². The van der Waals surface area contributed by atoms with Crippen LogP contribution in [-0.4, -0.2) is 0 Å². The molecular formula is C10H10F4. The van der Waals surface area contributed by atoms with Crippen LogP contribution in [0.15, 0.2) is 0 Å². The first-order valence-corrected chi connectivity index (χ1v) is 4.32. The highest BCUT2D eigenvalue weighted by Gasteiger charge is 2.21. The summed E-state index contributed by atoms with van der Waals surface area (Å²) in [5.41, 5.74) is -1.12. The smallest absolute Gasteiger partial charge is 0.165 e. The summed E-state index contributed by atoms with van der Waals surface area (Å²) in [6.45, 7) is 2.68. The van der Waals surface area contributed by atoms with E-state index in [-0.39, 0.29) is 6.42 Å². The molecule has 0 amide bonds. The molecule has 0 aliphatic heterocycles. The fraction of sp³-hybridized carbons (Fsp3) is 0.400. The Morgan fingerprint density at radius 3 is 1.64 bits per heavy atom. The van der Waals surface area contributed by atoms with Crippen LogP contribution in [0.4, 0.5) is 17.6 Å². The van der Waals surface area contributed by atoms with E-state index in [0.717, 1.165) is 6.92 Å². The fourth-order valence-corrected chi connectivity index (χ4v) is 1.26. The molecule has 1 aromatic carbocycles. The van der Waals surface area contributed by atoms with E-state index in [1.165, 1.54) is 0 Å². The van der Waals surface area contributed by atoms with Crippen molar-refractivity contribution >= 4 is 0 Å². The van der Waals surface area contributed by atoms with E-state index in [1.54, 1.807) is 6.92 Å². The third kappa shape index (κ3) is 1.61. The molecule has 14 heavy (non-hydrogen) atoms. The van der Waals surface area contributed by atoms with Gasteiger partial charge < -0.3 is 0 Å². The Hall–Kier alpha value is -1.06. The maximum atomic E-state index is 13.1. The summed E-state index contributed by atoms with van der Waals surface area (Å²) in [5, 5.41) is 0. The van der Waals surface area contributed by atoms with E-state index in [1.807, 2.05) is 0 Å². The van der Waals surface area contributed by atoms with Crippen molar-refractivity contribution in [3.63, 3.8) is 0 Å². The molecule has 0 saturated heterocycles. The molecule has 1 aromatic rings. The predicted octanol–water partition coefficient (Wildman–Crippen LogP) is 3.50. The molecule has 0 heterocycles. The lowest BCUT2D eigenvalue weighted by atomic mass is 10.1. The average molecular weight is 206 g/mol. The van der Waals surface area contributed by atoms with E-state index in [0.29, 0.717) is 6.42 Å². The third-order valence-corrected chi connectivity index (χ3v) is 2.07. The Morgan fingerprint density at radius 2 is 1.29 bits per heavy atom. The third-order valence-electron chi connectivity index (χ3n) is 2.07. The standard InChI is InChI=1S/C10H10F4/c1-3-4-6-9(13)7(11)5(2)8(12)10(6)14/h3-4H2,1-2H3. The first-order chi connectivity index (χ1) is 6.50. The summed E-state index contributed by atoms with van der Waals surface area (Å²) < 4.78 is 52.2. The molecule has 0 spiro atoms. The molecule has 0 aliphatic rings. The van der Waals surface area contributed by atoms with Crippen LogP contribution < -0.4 is 0 Å². The zero-order valence-electron chi connectivity index (χ0n) is 7.93. The van der Waals surface area contributed by atoms with Gasteiger partial charge in [0.05, 0.1) is 0 Å². The zero-order chi connectivity index (χ0) is 10.9. The van der Waals surface area contributed by atoms with Crippen LogP contribution in [0, 0.1) is 30.2 Å². The second-order valence-corrected chi connectivity index (χ2v) is 3.11. The molecule has 0 unspecified atom stereocenters.